The van der Waals surface area contributed by atoms with E-state index in [9.17, 15) is 14.4 Å². The summed E-state index contributed by atoms with van der Waals surface area (Å²) in [5, 5.41) is 14.6. The van der Waals surface area contributed by atoms with Crippen LogP contribution >= 0.6 is 0 Å². The van der Waals surface area contributed by atoms with Crippen molar-refractivity contribution in [1.82, 2.24) is 10.6 Å². The number of carboxylic acid groups (broad SMARTS) is 1. The van der Waals surface area contributed by atoms with Gasteiger partial charge in [0.2, 0.25) is 5.91 Å². The first-order valence-corrected chi connectivity index (χ1v) is 6.35. The van der Waals surface area contributed by atoms with Crippen LogP contribution in [-0.4, -0.2) is 48.7 Å². The number of hydrogen-bond donors (Lipinski definition) is 3. The Balaban J connectivity index is 2.36. The minimum Gasteiger partial charge on any atom is -0.480 e. The zero-order chi connectivity index (χ0) is 14.3. The zero-order valence-corrected chi connectivity index (χ0v) is 11.0. The van der Waals surface area contributed by atoms with Crippen molar-refractivity contribution in [3.63, 3.8) is 0 Å². The van der Waals surface area contributed by atoms with Crippen LogP contribution in [0.4, 0.5) is 0 Å². The number of carboxylic acids is 1. The summed E-state index contributed by atoms with van der Waals surface area (Å²) in [6, 6.07) is -0.928. The predicted octanol–water partition coefficient (Wildman–Crippen LogP) is -0.349. The van der Waals surface area contributed by atoms with Crippen LogP contribution in [0.1, 0.15) is 32.1 Å². The van der Waals surface area contributed by atoms with Crippen molar-refractivity contribution in [1.29, 1.82) is 0 Å². The van der Waals surface area contributed by atoms with Crippen LogP contribution in [0.2, 0.25) is 0 Å². The van der Waals surface area contributed by atoms with Gasteiger partial charge in [0.05, 0.1) is 7.11 Å². The second-order valence-corrected chi connectivity index (χ2v) is 4.57. The van der Waals surface area contributed by atoms with E-state index in [1.165, 1.54) is 7.11 Å². The molecule has 19 heavy (non-hydrogen) atoms. The highest BCUT2D eigenvalue weighted by Gasteiger charge is 2.23. The molecule has 1 aliphatic heterocycles. The summed E-state index contributed by atoms with van der Waals surface area (Å²) in [6.45, 7) is 0.892. The molecule has 3 N–H and O–H groups in total. The number of amides is 1. The van der Waals surface area contributed by atoms with Crippen molar-refractivity contribution in [2.75, 3.05) is 13.7 Å². The first-order chi connectivity index (χ1) is 9.02. The molecule has 0 aromatic rings. The summed E-state index contributed by atoms with van der Waals surface area (Å²) in [5.74, 6) is -1.94. The number of aliphatic carboxylic acids is 1. The van der Waals surface area contributed by atoms with Gasteiger partial charge in [0.1, 0.15) is 6.04 Å². The summed E-state index contributed by atoms with van der Waals surface area (Å²) in [7, 11) is 1.24. The van der Waals surface area contributed by atoms with E-state index >= 15 is 0 Å². The molecule has 1 saturated heterocycles. The van der Waals surface area contributed by atoms with Gasteiger partial charge in [-0.25, -0.2) is 4.79 Å². The Morgan fingerprint density at radius 3 is 2.74 bits per heavy atom. The summed E-state index contributed by atoms with van der Waals surface area (Å²) in [4.78, 5) is 33.7. The number of carbonyl (C=O) groups excluding carboxylic acids is 2. The number of carbonyl (C=O) groups is 3. The van der Waals surface area contributed by atoms with E-state index in [0.717, 1.165) is 19.4 Å². The lowest BCUT2D eigenvalue weighted by atomic mass is 10.1. The molecular formula is C12H20N2O5. The van der Waals surface area contributed by atoms with Gasteiger partial charge < -0.3 is 20.5 Å². The van der Waals surface area contributed by atoms with Gasteiger partial charge in [-0.1, -0.05) is 0 Å². The van der Waals surface area contributed by atoms with Gasteiger partial charge in [-0.15, -0.1) is 0 Å². The van der Waals surface area contributed by atoms with Crippen LogP contribution in [0, 0.1) is 0 Å². The van der Waals surface area contributed by atoms with E-state index < -0.39 is 18.0 Å². The second kappa shape index (κ2) is 7.73. The van der Waals surface area contributed by atoms with Crippen LogP contribution in [0.5, 0.6) is 0 Å². The topological polar surface area (TPSA) is 105 Å². The van der Waals surface area contributed by atoms with Crippen molar-refractivity contribution in [3.05, 3.63) is 0 Å². The number of esters is 1. The Labute approximate surface area is 111 Å². The molecule has 0 aromatic heterocycles. The minimum atomic E-state index is -1.14. The number of ether oxygens (including phenoxy) is 1. The molecule has 0 aliphatic carbocycles. The van der Waals surface area contributed by atoms with Gasteiger partial charge in [-0.3, -0.25) is 9.59 Å². The normalized spacial score (nSPS) is 19.7. The van der Waals surface area contributed by atoms with Gasteiger partial charge in [-0.05, 0) is 25.8 Å². The third-order valence-electron chi connectivity index (χ3n) is 3.09. The standard InChI is InChI=1S/C12H20N2O5/c1-19-11(16)5-4-9(12(17)18)14-10(15)7-8-3-2-6-13-8/h8-9,13H,2-7H2,1H3,(H,14,15)(H,17,18)/t8?,9-/m0/s1. The van der Waals surface area contributed by atoms with E-state index in [1.54, 1.807) is 0 Å². The Morgan fingerprint density at radius 2 is 2.21 bits per heavy atom. The van der Waals surface area contributed by atoms with E-state index in [1.807, 2.05) is 0 Å². The summed E-state index contributed by atoms with van der Waals surface area (Å²) >= 11 is 0. The molecule has 1 fully saturated rings. The van der Waals surface area contributed by atoms with Crippen LogP contribution in [0.15, 0.2) is 0 Å². The molecule has 0 radical (unpaired) electrons. The number of nitrogens with one attached hydrogen (secondary N) is 2. The lowest BCUT2D eigenvalue weighted by molar-refractivity contribution is -0.144. The van der Waals surface area contributed by atoms with Crippen LogP contribution < -0.4 is 10.6 Å². The Morgan fingerprint density at radius 1 is 1.47 bits per heavy atom. The molecular weight excluding hydrogens is 252 g/mol. The molecule has 1 unspecified atom stereocenters. The smallest absolute Gasteiger partial charge is 0.326 e. The molecule has 7 nitrogen and oxygen atoms in total. The molecule has 108 valence electrons. The lowest BCUT2D eigenvalue weighted by Crippen LogP contribution is -2.43. The Kier molecular flexibility index (Phi) is 6.27. The fourth-order valence-corrected chi connectivity index (χ4v) is 2.03. The SMILES string of the molecule is COC(=O)CC[C@H](NC(=O)CC1CCCN1)C(=O)O. The molecule has 2 atom stereocenters. The van der Waals surface area contributed by atoms with Crippen molar-refractivity contribution in [2.45, 2.75) is 44.2 Å². The second-order valence-electron chi connectivity index (χ2n) is 4.57. The lowest BCUT2D eigenvalue weighted by Gasteiger charge is -2.16. The average Bonchev–Trinajstić information content (AvgIpc) is 2.86. The van der Waals surface area contributed by atoms with Gasteiger partial charge in [0.25, 0.3) is 0 Å². The van der Waals surface area contributed by atoms with Gasteiger partial charge >= 0.3 is 11.9 Å². The monoisotopic (exact) mass is 272 g/mol. The zero-order valence-electron chi connectivity index (χ0n) is 11.0. The molecule has 0 saturated carbocycles. The molecule has 1 rings (SSSR count). The van der Waals surface area contributed by atoms with Gasteiger partial charge in [-0.2, -0.15) is 0 Å². The Bertz CT molecular complexity index is 339. The van der Waals surface area contributed by atoms with E-state index in [2.05, 4.69) is 15.4 Å². The van der Waals surface area contributed by atoms with E-state index in [4.69, 9.17) is 5.11 Å². The Hall–Kier alpha value is -1.63. The van der Waals surface area contributed by atoms with E-state index in [0.29, 0.717) is 0 Å². The molecule has 1 amide bonds. The van der Waals surface area contributed by atoms with Crippen LogP contribution in [0.3, 0.4) is 0 Å². The highest BCUT2D eigenvalue weighted by atomic mass is 16.5. The van der Waals surface area contributed by atoms with Gasteiger partial charge in [0.15, 0.2) is 0 Å². The fraction of sp³-hybridized carbons (Fsp3) is 0.750. The third-order valence-corrected chi connectivity index (χ3v) is 3.09. The quantitative estimate of drug-likeness (QED) is 0.547. The molecule has 0 aromatic carbocycles. The predicted molar refractivity (Wildman–Crippen MR) is 66.5 cm³/mol. The summed E-state index contributed by atoms with van der Waals surface area (Å²) in [6.07, 6.45) is 2.22. The minimum absolute atomic E-state index is 0.0323. The summed E-state index contributed by atoms with van der Waals surface area (Å²) < 4.78 is 4.44. The third kappa shape index (κ3) is 5.69. The summed E-state index contributed by atoms with van der Waals surface area (Å²) in [5.41, 5.74) is 0. The van der Waals surface area contributed by atoms with Crippen molar-refractivity contribution in [2.24, 2.45) is 0 Å². The number of methoxy groups -OCH3 is 1. The van der Waals surface area contributed by atoms with Crippen molar-refractivity contribution >= 4 is 17.8 Å². The first-order valence-electron chi connectivity index (χ1n) is 6.35. The molecule has 0 bridgehead atoms. The highest BCUT2D eigenvalue weighted by Crippen LogP contribution is 2.09. The molecule has 7 heteroatoms. The molecule has 0 spiro atoms. The fourth-order valence-electron chi connectivity index (χ4n) is 2.03. The maximum Gasteiger partial charge on any atom is 0.326 e. The maximum atomic E-state index is 11.7. The van der Waals surface area contributed by atoms with E-state index in [-0.39, 0.29) is 31.2 Å². The van der Waals surface area contributed by atoms with Crippen LogP contribution in [-0.2, 0) is 19.1 Å². The van der Waals surface area contributed by atoms with Crippen molar-refractivity contribution in [3.8, 4) is 0 Å². The molecule has 1 aliphatic rings. The molecule has 1 heterocycles. The number of hydrogen-bond acceptors (Lipinski definition) is 5. The number of rotatable bonds is 7. The maximum absolute atomic E-state index is 11.7. The first kappa shape index (κ1) is 15.4. The van der Waals surface area contributed by atoms with Gasteiger partial charge in [0, 0.05) is 18.9 Å². The van der Waals surface area contributed by atoms with Crippen molar-refractivity contribution < 1.29 is 24.2 Å². The largest absolute Gasteiger partial charge is 0.480 e. The van der Waals surface area contributed by atoms with Crippen LogP contribution in [0.25, 0.3) is 0 Å². The highest BCUT2D eigenvalue weighted by molar-refractivity contribution is 5.84. The average molecular weight is 272 g/mol.